The van der Waals surface area contributed by atoms with E-state index in [-0.39, 0.29) is 30.2 Å². The molecule has 1 aromatic carbocycles. The van der Waals surface area contributed by atoms with Crippen molar-refractivity contribution >= 4 is 11.9 Å². The second-order valence-electron chi connectivity index (χ2n) is 4.77. The number of hydrogen-bond donors (Lipinski definition) is 0. The molecule has 0 aliphatic carbocycles. The van der Waals surface area contributed by atoms with Crippen LogP contribution in [0, 0.1) is 0 Å². The molecule has 0 amide bonds. The van der Waals surface area contributed by atoms with Crippen LogP contribution in [0.4, 0.5) is 0 Å². The Bertz CT molecular complexity index is 643. The summed E-state index contributed by atoms with van der Waals surface area (Å²) in [7, 11) is 1.80. The highest BCUT2D eigenvalue weighted by Crippen LogP contribution is 2.12. The van der Waals surface area contributed by atoms with Crippen LogP contribution in [0.1, 0.15) is 18.5 Å². The second-order valence-corrected chi connectivity index (χ2v) is 4.77. The van der Waals surface area contributed by atoms with E-state index >= 15 is 0 Å². The van der Waals surface area contributed by atoms with Gasteiger partial charge in [-0.05, 0) is 12.5 Å². The van der Waals surface area contributed by atoms with Gasteiger partial charge in [-0.2, -0.15) is 0 Å². The Morgan fingerprint density at radius 3 is 2.39 bits per heavy atom. The SMILES string of the molecule is CCOC(=O)[C@H](C(=O)OCc1ccccc1)n1cc[n+](C)c1.[Br-]. The number of esters is 2. The number of rotatable bonds is 6. The largest absolute Gasteiger partial charge is 1.00 e. The van der Waals surface area contributed by atoms with E-state index in [4.69, 9.17) is 9.47 Å². The van der Waals surface area contributed by atoms with Gasteiger partial charge in [-0.3, -0.25) is 0 Å². The molecule has 23 heavy (non-hydrogen) atoms. The van der Waals surface area contributed by atoms with E-state index in [2.05, 4.69) is 0 Å². The smallest absolute Gasteiger partial charge is 0.364 e. The van der Waals surface area contributed by atoms with E-state index in [1.54, 1.807) is 37.3 Å². The number of hydrogen-bond acceptors (Lipinski definition) is 4. The number of imidazole rings is 1. The van der Waals surface area contributed by atoms with Gasteiger partial charge in [-0.25, -0.2) is 18.7 Å². The van der Waals surface area contributed by atoms with Crippen molar-refractivity contribution in [1.82, 2.24) is 4.57 Å². The average Bonchev–Trinajstić information content (AvgIpc) is 2.93. The Balaban J connectivity index is 0.00000264. The second kappa shape index (κ2) is 9.09. The molecule has 0 aliphatic rings. The minimum atomic E-state index is -1.13. The predicted molar refractivity (Wildman–Crippen MR) is 77.5 cm³/mol. The number of ether oxygens (including phenoxy) is 2. The van der Waals surface area contributed by atoms with Crippen molar-refractivity contribution in [2.45, 2.75) is 19.6 Å². The lowest BCUT2D eigenvalue weighted by Gasteiger charge is -2.12. The van der Waals surface area contributed by atoms with Crippen molar-refractivity contribution in [3.8, 4) is 0 Å². The van der Waals surface area contributed by atoms with Gasteiger partial charge in [0.05, 0.1) is 13.7 Å². The van der Waals surface area contributed by atoms with Gasteiger partial charge < -0.3 is 26.5 Å². The number of aromatic nitrogens is 2. The first-order chi connectivity index (χ1) is 10.6. The maximum Gasteiger partial charge on any atom is 0.364 e. The summed E-state index contributed by atoms with van der Waals surface area (Å²) in [5.74, 6) is -1.27. The Kier molecular flexibility index (Phi) is 7.47. The molecule has 2 rings (SSSR count). The van der Waals surface area contributed by atoms with Crippen LogP contribution in [0.3, 0.4) is 0 Å². The van der Waals surface area contributed by atoms with Crippen LogP contribution < -0.4 is 21.5 Å². The molecule has 0 aliphatic heterocycles. The third-order valence-corrected chi connectivity index (χ3v) is 3.04. The Hall–Kier alpha value is -2.15. The van der Waals surface area contributed by atoms with Gasteiger partial charge in [-0.15, -0.1) is 0 Å². The zero-order valence-corrected chi connectivity index (χ0v) is 14.6. The quantitative estimate of drug-likeness (QED) is 0.334. The molecule has 1 aromatic heterocycles. The van der Waals surface area contributed by atoms with E-state index in [0.717, 1.165) is 5.56 Å². The molecular weight excluding hydrogens is 364 g/mol. The van der Waals surface area contributed by atoms with Crippen molar-refractivity contribution in [2.75, 3.05) is 6.61 Å². The van der Waals surface area contributed by atoms with Crippen LogP contribution >= 0.6 is 0 Å². The van der Waals surface area contributed by atoms with E-state index in [1.807, 2.05) is 30.3 Å². The molecule has 0 saturated heterocycles. The first-order valence-electron chi connectivity index (χ1n) is 7.01. The molecule has 0 radical (unpaired) electrons. The van der Waals surface area contributed by atoms with Crippen LogP contribution in [0.25, 0.3) is 0 Å². The average molecular weight is 383 g/mol. The third kappa shape index (κ3) is 5.21. The van der Waals surface area contributed by atoms with Crippen molar-refractivity contribution in [3.05, 3.63) is 54.6 Å². The highest BCUT2D eigenvalue weighted by atomic mass is 79.9. The zero-order valence-electron chi connectivity index (χ0n) is 13.0. The van der Waals surface area contributed by atoms with Crippen molar-refractivity contribution in [3.63, 3.8) is 0 Å². The first-order valence-corrected chi connectivity index (χ1v) is 7.01. The topological polar surface area (TPSA) is 61.4 Å². The summed E-state index contributed by atoms with van der Waals surface area (Å²) in [6.07, 6.45) is 4.99. The van der Waals surface area contributed by atoms with Crippen LogP contribution in [-0.4, -0.2) is 23.1 Å². The third-order valence-electron chi connectivity index (χ3n) is 3.04. The lowest BCUT2D eigenvalue weighted by molar-refractivity contribution is -0.671. The van der Waals surface area contributed by atoms with E-state index in [9.17, 15) is 9.59 Å². The van der Waals surface area contributed by atoms with Gasteiger partial charge in [0.2, 0.25) is 6.33 Å². The van der Waals surface area contributed by atoms with Crippen molar-refractivity contribution in [1.29, 1.82) is 0 Å². The summed E-state index contributed by atoms with van der Waals surface area (Å²) in [6.45, 7) is 2.01. The molecule has 0 bridgehead atoms. The van der Waals surface area contributed by atoms with Gasteiger partial charge in [0.25, 0.3) is 6.04 Å². The molecule has 0 N–H and O–H groups in total. The molecule has 124 valence electrons. The van der Waals surface area contributed by atoms with Gasteiger partial charge in [-0.1, -0.05) is 30.3 Å². The summed E-state index contributed by atoms with van der Waals surface area (Å²) in [4.78, 5) is 24.3. The lowest BCUT2D eigenvalue weighted by atomic mass is 10.2. The van der Waals surface area contributed by atoms with Gasteiger partial charge >= 0.3 is 11.9 Å². The van der Waals surface area contributed by atoms with E-state index in [1.165, 1.54) is 4.57 Å². The van der Waals surface area contributed by atoms with Crippen LogP contribution in [0.5, 0.6) is 0 Å². The fourth-order valence-corrected chi connectivity index (χ4v) is 1.99. The highest BCUT2D eigenvalue weighted by Gasteiger charge is 2.36. The fraction of sp³-hybridized carbons (Fsp3) is 0.312. The van der Waals surface area contributed by atoms with Crippen LogP contribution in [-0.2, 0) is 32.7 Å². The molecule has 0 saturated carbocycles. The number of nitrogens with zero attached hydrogens (tertiary/aromatic N) is 2. The number of carbonyl (C=O) groups excluding carboxylic acids is 2. The molecule has 0 spiro atoms. The standard InChI is InChI=1S/C16H19N2O4.BrH/c1-3-21-15(19)14(18-10-9-17(2)12-18)16(20)22-11-13-7-5-4-6-8-13;/h4-10,12,14H,3,11H2,1-2H3;1H/q+1;/p-1/t14-;/m1./s1. The molecule has 1 heterocycles. The van der Waals surface area contributed by atoms with Crippen molar-refractivity contribution < 1.29 is 40.6 Å². The van der Waals surface area contributed by atoms with E-state index < -0.39 is 18.0 Å². The fourth-order valence-electron chi connectivity index (χ4n) is 1.99. The molecule has 6 nitrogen and oxygen atoms in total. The van der Waals surface area contributed by atoms with E-state index in [0.29, 0.717) is 0 Å². The Morgan fingerprint density at radius 1 is 1.17 bits per heavy atom. The maximum absolute atomic E-state index is 12.3. The minimum Gasteiger partial charge on any atom is -1.00 e. The Labute approximate surface area is 145 Å². The molecule has 7 heteroatoms. The summed E-state index contributed by atoms with van der Waals surface area (Å²) < 4.78 is 13.4. The molecule has 0 unspecified atom stereocenters. The number of halogens is 1. The first kappa shape index (κ1) is 18.9. The molecular formula is C16H19BrN2O4. The summed E-state index contributed by atoms with van der Waals surface area (Å²) >= 11 is 0. The number of carbonyl (C=O) groups is 2. The van der Waals surface area contributed by atoms with Crippen LogP contribution in [0.15, 0.2) is 49.1 Å². The maximum atomic E-state index is 12.3. The Morgan fingerprint density at radius 2 is 1.83 bits per heavy atom. The molecule has 1 atom stereocenters. The zero-order chi connectivity index (χ0) is 15.9. The monoisotopic (exact) mass is 382 g/mol. The van der Waals surface area contributed by atoms with Crippen molar-refractivity contribution in [2.24, 2.45) is 7.05 Å². The van der Waals surface area contributed by atoms with Gasteiger partial charge in [0.15, 0.2) is 0 Å². The van der Waals surface area contributed by atoms with Gasteiger partial charge in [0.1, 0.15) is 19.0 Å². The normalized spacial score (nSPS) is 11.2. The predicted octanol–water partition coefficient (Wildman–Crippen LogP) is -1.84. The molecule has 0 fully saturated rings. The highest BCUT2D eigenvalue weighted by molar-refractivity contribution is 5.97. The number of aryl methyl sites for hydroxylation is 1. The minimum absolute atomic E-state index is 0. The van der Waals surface area contributed by atoms with Crippen LogP contribution in [0.2, 0.25) is 0 Å². The summed E-state index contributed by atoms with van der Waals surface area (Å²) in [6, 6.07) is 8.16. The lowest BCUT2D eigenvalue weighted by Crippen LogP contribution is -3.00. The summed E-state index contributed by atoms with van der Waals surface area (Å²) in [5, 5.41) is 0. The van der Waals surface area contributed by atoms with Gasteiger partial charge in [0, 0.05) is 0 Å². The number of benzene rings is 1. The summed E-state index contributed by atoms with van der Waals surface area (Å²) in [5.41, 5.74) is 0.858. The molecule has 2 aromatic rings.